The number of hydrogen-bond donors (Lipinski definition) is 1. The maximum atomic E-state index is 3.58. The number of piperidine rings is 1. The number of halogens is 1. The number of nitrogens with zero attached hydrogens (tertiary/aromatic N) is 1. The lowest BCUT2D eigenvalue weighted by atomic mass is 10.0. The van der Waals surface area contributed by atoms with Gasteiger partial charge in [-0.3, -0.25) is 4.90 Å². The summed E-state index contributed by atoms with van der Waals surface area (Å²) in [6.45, 7) is 6.83. The topological polar surface area (TPSA) is 15.3 Å². The van der Waals surface area contributed by atoms with Gasteiger partial charge >= 0.3 is 0 Å². The molecule has 1 unspecified atom stereocenters. The fourth-order valence-electron chi connectivity index (χ4n) is 2.81. The standard InChI is InChI=1S/C16H25BrN2/c1-2-9-18-12-16-8-3-4-10-19(16)13-14-6-5-7-15(17)11-14/h5-7,11,16,18H,2-4,8-10,12-13H2,1H3. The van der Waals surface area contributed by atoms with Gasteiger partial charge in [0.1, 0.15) is 0 Å². The Balaban J connectivity index is 1.91. The van der Waals surface area contributed by atoms with Gasteiger partial charge < -0.3 is 5.32 Å². The van der Waals surface area contributed by atoms with Crippen LogP contribution in [0.3, 0.4) is 0 Å². The Bertz CT molecular complexity index is 381. The number of hydrogen-bond acceptors (Lipinski definition) is 2. The van der Waals surface area contributed by atoms with Gasteiger partial charge in [0.05, 0.1) is 0 Å². The molecule has 0 radical (unpaired) electrons. The maximum absolute atomic E-state index is 3.58. The van der Waals surface area contributed by atoms with Crippen LogP contribution in [0.2, 0.25) is 0 Å². The summed E-state index contributed by atoms with van der Waals surface area (Å²) in [5.74, 6) is 0. The van der Waals surface area contributed by atoms with Gasteiger partial charge in [0.2, 0.25) is 0 Å². The van der Waals surface area contributed by atoms with Gasteiger partial charge in [0, 0.05) is 23.6 Å². The molecule has 1 aromatic rings. The minimum Gasteiger partial charge on any atom is -0.315 e. The molecule has 1 heterocycles. The number of benzene rings is 1. The Morgan fingerprint density at radius 2 is 2.26 bits per heavy atom. The Labute approximate surface area is 125 Å². The average Bonchev–Trinajstić information content (AvgIpc) is 2.41. The van der Waals surface area contributed by atoms with Crippen LogP contribution in [0.15, 0.2) is 28.7 Å². The first kappa shape index (κ1) is 15.0. The Kier molecular flexibility index (Phi) is 6.35. The van der Waals surface area contributed by atoms with E-state index in [2.05, 4.69) is 57.3 Å². The van der Waals surface area contributed by atoms with E-state index in [0.29, 0.717) is 6.04 Å². The number of nitrogens with one attached hydrogen (secondary N) is 1. The molecule has 1 saturated heterocycles. The molecule has 0 aromatic heterocycles. The average molecular weight is 325 g/mol. The van der Waals surface area contributed by atoms with Gasteiger partial charge in [-0.25, -0.2) is 0 Å². The molecule has 1 aliphatic heterocycles. The molecular weight excluding hydrogens is 300 g/mol. The van der Waals surface area contributed by atoms with Crippen molar-refractivity contribution in [2.45, 2.75) is 45.2 Å². The molecule has 106 valence electrons. The molecule has 3 heteroatoms. The quantitative estimate of drug-likeness (QED) is 0.800. The van der Waals surface area contributed by atoms with Crippen molar-refractivity contribution in [3.8, 4) is 0 Å². The van der Waals surface area contributed by atoms with Crippen molar-refractivity contribution < 1.29 is 0 Å². The SMILES string of the molecule is CCCNCC1CCCCN1Cc1cccc(Br)c1. The Morgan fingerprint density at radius 3 is 3.05 bits per heavy atom. The Morgan fingerprint density at radius 1 is 1.37 bits per heavy atom. The van der Waals surface area contributed by atoms with Crippen LogP contribution >= 0.6 is 15.9 Å². The van der Waals surface area contributed by atoms with E-state index in [9.17, 15) is 0 Å². The van der Waals surface area contributed by atoms with Crippen molar-refractivity contribution in [3.05, 3.63) is 34.3 Å². The minimum atomic E-state index is 0.708. The summed E-state index contributed by atoms with van der Waals surface area (Å²) in [5.41, 5.74) is 1.41. The fourth-order valence-corrected chi connectivity index (χ4v) is 3.26. The predicted molar refractivity (Wildman–Crippen MR) is 85.4 cm³/mol. The fraction of sp³-hybridized carbons (Fsp3) is 0.625. The van der Waals surface area contributed by atoms with Gasteiger partial charge in [0.15, 0.2) is 0 Å². The number of likely N-dealkylation sites (tertiary alicyclic amines) is 1. The van der Waals surface area contributed by atoms with Gasteiger partial charge in [-0.05, 0) is 50.0 Å². The van der Waals surface area contributed by atoms with Crippen molar-refractivity contribution in [2.24, 2.45) is 0 Å². The zero-order chi connectivity index (χ0) is 13.5. The highest BCUT2D eigenvalue weighted by Gasteiger charge is 2.21. The molecule has 1 N–H and O–H groups in total. The summed E-state index contributed by atoms with van der Waals surface area (Å²) in [5, 5.41) is 3.58. The lowest BCUT2D eigenvalue weighted by molar-refractivity contribution is 0.137. The molecule has 1 aliphatic rings. The third-order valence-electron chi connectivity index (χ3n) is 3.83. The van der Waals surface area contributed by atoms with E-state index >= 15 is 0 Å². The van der Waals surface area contributed by atoms with Crippen LogP contribution in [0.1, 0.15) is 38.2 Å². The predicted octanol–water partition coefficient (Wildman–Crippen LogP) is 3.80. The highest BCUT2D eigenvalue weighted by atomic mass is 79.9. The highest BCUT2D eigenvalue weighted by molar-refractivity contribution is 9.10. The molecule has 1 fully saturated rings. The molecule has 0 amide bonds. The van der Waals surface area contributed by atoms with Crippen LogP contribution < -0.4 is 5.32 Å². The summed E-state index contributed by atoms with van der Waals surface area (Å²) >= 11 is 3.56. The zero-order valence-corrected chi connectivity index (χ0v) is 13.5. The normalized spacial score (nSPS) is 20.6. The van der Waals surface area contributed by atoms with E-state index in [0.717, 1.165) is 19.6 Å². The second-order valence-corrected chi connectivity index (χ2v) is 6.37. The van der Waals surface area contributed by atoms with Crippen molar-refractivity contribution >= 4 is 15.9 Å². The van der Waals surface area contributed by atoms with E-state index < -0.39 is 0 Å². The largest absolute Gasteiger partial charge is 0.315 e. The van der Waals surface area contributed by atoms with Gasteiger partial charge in [-0.15, -0.1) is 0 Å². The van der Waals surface area contributed by atoms with Crippen LogP contribution in [0.25, 0.3) is 0 Å². The second kappa shape index (κ2) is 8.03. The monoisotopic (exact) mass is 324 g/mol. The van der Waals surface area contributed by atoms with E-state index in [-0.39, 0.29) is 0 Å². The van der Waals surface area contributed by atoms with E-state index in [4.69, 9.17) is 0 Å². The molecule has 0 saturated carbocycles. The van der Waals surface area contributed by atoms with Crippen LogP contribution in [-0.2, 0) is 6.54 Å². The summed E-state index contributed by atoms with van der Waals surface area (Å²) in [7, 11) is 0. The Hall–Kier alpha value is -0.380. The van der Waals surface area contributed by atoms with Gasteiger partial charge in [0.25, 0.3) is 0 Å². The molecule has 2 nitrogen and oxygen atoms in total. The van der Waals surface area contributed by atoms with E-state index in [1.54, 1.807) is 0 Å². The van der Waals surface area contributed by atoms with Crippen molar-refractivity contribution in [2.75, 3.05) is 19.6 Å². The third-order valence-corrected chi connectivity index (χ3v) is 4.32. The minimum absolute atomic E-state index is 0.708. The van der Waals surface area contributed by atoms with Gasteiger partial charge in [-0.1, -0.05) is 41.4 Å². The van der Waals surface area contributed by atoms with E-state index in [1.807, 2.05) is 0 Å². The molecule has 1 atom stereocenters. The molecular formula is C16H25BrN2. The molecule has 19 heavy (non-hydrogen) atoms. The molecule has 1 aromatic carbocycles. The van der Waals surface area contributed by atoms with E-state index in [1.165, 1.54) is 42.3 Å². The van der Waals surface area contributed by atoms with Crippen LogP contribution in [0.5, 0.6) is 0 Å². The van der Waals surface area contributed by atoms with Gasteiger partial charge in [-0.2, -0.15) is 0 Å². The first-order valence-electron chi connectivity index (χ1n) is 7.49. The lowest BCUT2D eigenvalue weighted by Crippen LogP contribution is -2.45. The maximum Gasteiger partial charge on any atom is 0.0237 e. The molecule has 0 aliphatic carbocycles. The summed E-state index contributed by atoms with van der Waals surface area (Å²) in [4.78, 5) is 2.65. The molecule has 0 spiro atoms. The molecule has 0 bridgehead atoms. The first-order valence-corrected chi connectivity index (χ1v) is 8.28. The third kappa shape index (κ3) is 4.90. The van der Waals surface area contributed by atoms with Crippen molar-refractivity contribution in [3.63, 3.8) is 0 Å². The summed E-state index contributed by atoms with van der Waals surface area (Å²) in [6, 6.07) is 9.41. The lowest BCUT2D eigenvalue weighted by Gasteiger charge is -2.36. The van der Waals surface area contributed by atoms with Crippen molar-refractivity contribution in [1.82, 2.24) is 10.2 Å². The summed E-state index contributed by atoms with van der Waals surface area (Å²) < 4.78 is 1.18. The molecule has 2 rings (SSSR count). The van der Waals surface area contributed by atoms with Crippen LogP contribution in [0, 0.1) is 0 Å². The smallest absolute Gasteiger partial charge is 0.0237 e. The second-order valence-electron chi connectivity index (χ2n) is 5.45. The van der Waals surface area contributed by atoms with Crippen molar-refractivity contribution in [1.29, 1.82) is 0 Å². The van der Waals surface area contributed by atoms with Crippen LogP contribution in [0.4, 0.5) is 0 Å². The van der Waals surface area contributed by atoms with Crippen LogP contribution in [-0.4, -0.2) is 30.6 Å². The summed E-state index contributed by atoms with van der Waals surface area (Å²) in [6.07, 6.45) is 5.29. The zero-order valence-electron chi connectivity index (χ0n) is 11.9. The highest BCUT2D eigenvalue weighted by Crippen LogP contribution is 2.20. The first-order chi connectivity index (χ1) is 9.29. The number of rotatable bonds is 6.